The summed E-state index contributed by atoms with van der Waals surface area (Å²) >= 11 is 0. The topological polar surface area (TPSA) is 38.7 Å². The number of allylic oxidation sites excluding steroid dienone is 12. The van der Waals surface area contributed by atoms with Gasteiger partial charge in [0.1, 0.15) is 0 Å². The molecule has 0 N–H and O–H groups in total. The third-order valence-electron chi connectivity index (χ3n) is 12.2. The second-order valence-corrected chi connectivity index (χ2v) is 15.8. The lowest BCUT2D eigenvalue weighted by Gasteiger charge is -2.26. The summed E-state index contributed by atoms with van der Waals surface area (Å²) in [6, 6.07) is 29.6. The van der Waals surface area contributed by atoms with Crippen LogP contribution in [-0.4, -0.2) is 15.0 Å². The van der Waals surface area contributed by atoms with Crippen LogP contribution < -0.4 is 0 Å². The number of nitrogens with zero attached hydrogens (tertiary/aromatic N) is 3. The first-order chi connectivity index (χ1) is 27.7. The van der Waals surface area contributed by atoms with Crippen molar-refractivity contribution in [2.24, 2.45) is 0 Å². The van der Waals surface area contributed by atoms with Gasteiger partial charge in [-0.25, -0.2) is 9.97 Å². The Balaban J connectivity index is 1.16. The van der Waals surface area contributed by atoms with Crippen LogP contribution >= 0.6 is 0 Å². The van der Waals surface area contributed by atoms with Gasteiger partial charge in [0.2, 0.25) is 0 Å². The molecule has 3 nitrogen and oxygen atoms in total. The van der Waals surface area contributed by atoms with Crippen molar-refractivity contribution in [1.29, 1.82) is 0 Å². The molecular weight excluding hydrogens is 679 g/mol. The first kappa shape index (κ1) is 36.0. The summed E-state index contributed by atoms with van der Waals surface area (Å²) in [5, 5.41) is 0. The lowest BCUT2D eigenvalue weighted by molar-refractivity contribution is 0.443. The van der Waals surface area contributed by atoms with Crippen LogP contribution in [0.25, 0.3) is 50.2 Å². The van der Waals surface area contributed by atoms with Crippen LogP contribution in [0.4, 0.5) is 0 Å². The van der Waals surface area contributed by atoms with Crippen LogP contribution in [0.3, 0.4) is 0 Å². The SMILES string of the molecule is CCc1c(C2=CCCC=C2)nc(C2=CCC(c3ccncc3)C=C2)nc1-c1ccc(-c2c(C3=CCCC=C3)cc(C3CCCCC3)cc2-c2ccccc2)cc1. The van der Waals surface area contributed by atoms with Crippen LogP contribution in [0, 0.1) is 0 Å². The average Bonchev–Trinajstić information content (AvgIpc) is 3.29. The highest BCUT2D eigenvalue weighted by atomic mass is 14.9. The molecule has 0 amide bonds. The lowest BCUT2D eigenvalue weighted by Crippen LogP contribution is -2.08. The Morgan fingerprint density at radius 1 is 0.589 bits per heavy atom. The molecule has 0 spiro atoms. The van der Waals surface area contributed by atoms with Crippen molar-refractivity contribution in [2.45, 2.75) is 89.4 Å². The summed E-state index contributed by atoms with van der Waals surface area (Å²) in [5.41, 5.74) is 17.3. The highest BCUT2D eigenvalue weighted by Crippen LogP contribution is 2.45. The Morgan fingerprint density at radius 3 is 1.96 bits per heavy atom. The van der Waals surface area contributed by atoms with Gasteiger partial charge in [-0.05, 0) is 120 Å². The number of rotatable bonds is 9. The molecule has 1 atom stereocenters. The van der Waals surface area contributed by atoms with E-state index in [0.717, 1.165) is 66.9 Å². The molecule has 1 saturated carbocycles. The van der Waals surface area contributed by atoms with Crippen LogP contribution in [0.5, 0.6) is 0 Å². The van der Waals surface area contributed by atoms with Gasteiger partial charge in [-0.1, -0.05) is 148 Å². The molecule has 0 saturated heterocycles. The van der Waals surface area contributed by atoms with Crippen LogP contribution in [0.2, 0.25) is 0 Å². The minimum Gasteiger partial charge on any atom is -0.265 e. The Hall–Kier alpha value is -5.67. The normalized spacial score (nSPS) is 18.4. The molecule has 2 heterocycles. The van der Waals surface area contributed by atoms with E-state index >= 15 is 0 Å². The molecular formula is C53H51N3. The fourth-order valence-electron chi connectivity index (χ4n) is 9.19. The lowest BCUT2D eigenvalue weighted by atomic mass is 9.78. The Labute approximate surface area is 333 Å². The maximum Gasteiger partial charge on any atom is 0.160 e. The van der Waals surface area contributed by atoms with Crippen molar-refractivity contribution >= 4 is 16.7 Å². The van der Waals surface area contributed by atoms with Gasteiger partial charge < -0.3 is 0 Å². The first-order valence-corrected chi connectivity index (χ1v) is 21.0. The minimum atomic E-state index is 0.328. The van der Waals surface area contributed by atoms with E-state index in [0.29, 0.717) is 11.8 Å². The predicted molar refractivity (Wildman–Crippen MR) is 235 cm³/mol. The fourth-order valence-corrected chi connectivity index (χ4v) is 9.19. The van der Waals surface area contributed by atoms with Crippen molar-refractivity contribution in [3.63, 3.8) is 0 Å². The number of pyridine rings is 1. The van der Waals surface area contributed by atoms with E-state index in [-0.39, 0.29) is 0 Å². The fraction of sp³-hybridized carbons (Fsp3) is 0.264. The zero-order chi connectivity index (χ0) is 37.7. The molecule has 0 bridgehead atoms. The largest absolute Gasteiger partial charge is 0.265 e. The van der Waals surface area contributed by atoms with Crippen LogP contribution in [-0.2, 0) is 6.42 Å². The van der Waals surface area contributed by atoms with Crippen molar-refractivity contribution in [3.05, 3.63) is 180 Å². The van der Waals surface area contributed by atoms with Crippen molar-refractivity contribution in [1.82, 2.24) is 15.0 Å². The Morgan fingerprint density at radius 2 is 1.29 bits per heavy atom. The highest BCUT2D eigenvalue weighted by molar-refractivity contribution is 5.95. The molecule has 56 heavy (non-hydrogen) atoms. The molecule has 9 rings (SSSR count). The molecule has 1 fully saturated rings. The van der Waals surface area contributed by atoms with Crippen molar-refractivity contribution < 1.29 is 0 Å². The van der Waals surface area contributed by atoms with Crippen molar-refractivity contribution in [2.75, 3.05) is 0 Å². The van der Waals surface area contributed by atoms with Gasteiger partial charge in [-0.2, -0.15) is 0 Å². The monoisotopic (exact) mass is 729 g/mol. The number of hydrogen-bond donors (Lipinski definition) is 0. The van der Waals surface area contributed by atoms with E-state index in [4.69, 9.17) is 9.97 Å². The number of benzene rings is 3. The molecule has 0 aliphatic heterocycles. The summed E-state index contributed by atoms with van der Waals surface area (Å²) in [5.74, 6) is 1.74. The van der Waals surface area contributed by atoms with E-state index in [1.54, 1.807) is 0 Å². The molecule has 3 heteroatoms. The van der Waals surface area contributed by atoms with Gasteiger partial charge in [0.25, 0.3) is 0 Å². The Kier molecular flexibility index (Phi) is 10.7. The maximum absolute atomic E-state index is 5.40. The summed E-state index contributed by atoms with van der Waals surface area (Å²) < 4.78 is 0. The molecule has 4 aliphatic carbocycles. The zero-order valence-electron chi connectivity index (χ0n) is 32.6. The predicted octanol–water partition coefficient (Wildman–Crippen LogP) is 14.1. The van der Waals surface area contributed by atoms with Gasteiger partial charge >= 0.3 is 0 Å². The smallest absolute Gasteiger partial charge is 0.160 e. The molecule has 4 aliphatic rings. The summed E-state index contributed by atoms with van der Waals surface area (Å²) in [6.07, 6.45) is 37.3. The van der Waals surface area contributed by atoms with E-state index in [1.807, 2.05) is 12.4 Å². The van der Waals surface area contributed by atoms with Gasteiger partial charge in [0.05, 0.1) is 11.4 Å². The summed E-state index contributed by atoms with van der Waals surface area (Å²) in [6.45, 7) is 2.24. The highest BCUT2D eigenvalue weighted by Gasteiger charge is 2.24. The zero-order valence-corrected chi connectivity index (χ0v) is 32.6. The summed E-state index contributed by atoms with van der Waals surface area (Å²) in [7, 11) is 0. The number of aromatic nitrogens is 3. The minimum absolute atomic E-state index is 0.328. The van der Waals surface area contributed by atoms with E-state index in [1.165, 1.54) is 87.8 Å². The molecule has 0 radical (unpaired) electrons. The second-order valence-electron chi connectivity index (χ2n) is 15.8. The van der Waals surface area contributed by atoms with E-state index in [2.05, 4.69) is 145 Å². The first-order valence-electron chi connectivity index (χ1n) is 21.0. The summed E-state index contributed by atoms with van der Waals surface area (Å²) in [4.78, 5) is 14.9. The molecule has 2 aromatic heterocycles. The van der Waals surface area contributed by atoms with Crippen LogP contribution in [0.1, 0.15) is 117 Å². The van der Waals surface area contributed by atoms with E-state index in [9.17, 15) is 0 Å². The molecule has 5 aromatic rings. The molecule has 1 unspecified atom stereocenters. The quantitative estimate of drug-likeness (QED) is 0.152. The van der Waals surface area contributed by atoms with E-state index < -0.39 is 0 Å². The van der Waals surface area contributed by atoms with Gasteiger partial charge in [-0.3, -0.25) is 4.98 Å². The van der Waals surface area contributed by atoms with Gasteiger partial charge in [-0.15, -0.1) is 0 Å². The average molecular weight is 730 g/mol. The third-order valence-corrected chi connectivity index (χ3v) is 12.2. The second kappa shape index (κ2) is 16.6. The van der Waals surface area contributed by atoms with Crippen LogP contribution in [0.15, 0.2) is 146 Å². The van der Waals surface area contributed by atoms with Crippen molar-refractivity contribution in [3.8, 4) is 33.5 Å². The number of hydrogen-bond acceptors (Lipinski definition) is 3. The van der Waals surface area contributed by atoms with Gasteiger partial charge in [0.15, 0.2) is 5.82 Å². The maximum atomic E-state index is 5.40. The standard InChI is InChI=1S/C53H51N3/c1-2-47-51(43-21-13-6-14-22-43)55-53(45-29-23-38(24-30-45)39-31-33-54-34-32-39)56-52(47)44-27-25-42(26-28-44)50-48(40-17-9-4-10-18-40)35-46(37-15-7-3-8-16-37)36-49(50)41-19-11-5-12-20-41/h4,9-11,13,17-23,25-38H,2-3,5-8,12,14-16,24H2,1H3. The molecule has 278 valence electrons. The molecule has 3 aromatic carbocycles. The Bertz CT molecular complexity index is 2380. The van der Waals surface area contributed by atoms with Gasteiger partial charge in [0, 0.05) is 35.0 Å². The third kappa shape index (κ3) is 7.48.